The maximum atomic E-state index is 16.1. The quantitative estimate of drug-likeness (QED) is 0.344. The molecule has 2 bridgehead atoms. The van der Waals surface area contributed by atoms with Gasteiger partial charge < -0.3 is 15.1 Å². The summed E-state index contributed by atoms with van der Waals surface area (Å²) in [5.74, 6) is -1.29. The SMILES string of the molecule is C=CC(=O)N1CCN(c2nc(=O)n3c4nc(c(F)cc24)-c2c(F)cccc2CCCNc2ccnc(C(C)C)c2-3)[C@@H](C)C1. The normalized spacial score (nSPS) is 16.7. The highest BCUT2D eigenvalue weighted by atomic mass is 19.1. The van der Waals surface area contributed by atoms with Crippen molar-refractivity contribution in [2.45, 2.75) is 45.6 Å². The van der Waals surface area contributed by atoms with E-state index in [1.165, 1.54) is 22.8 Å². The summed E-state index contributed by atoms with van der Waals surface area (Å²) < 4.78 is 32.9. The van der Waals surface area contributed by atoms with Crippen molar-refractivity contribution in [3.63, 3.8) is 0 Å². The van der Waals surface area contributed by atoms with Gasteiger partial charge in [0.2, 0.25) is 5.91 Å². The van der Waals surface area contributed by atoms with Gasteiger partial charge in [-0.05, 0) is 55.5 Å². The number of rotatable bonds is 3. The van der Waals surface area contributed by atoms with Crippen LogP contribution in [0.15, 0.2) is 54.0 Å². The first kappa shape index (κ1) is 28.4. The first-order valence-electron chi connectivity index (χ1n) is 14.5. The number of halogens is 2. The van der Waals surface area contributed by atoms with Crippen molar-refractivity contribution in [2.24, 2.45) is 0 Å². The fraction of sp³-hybridized carbons (Fsp3) is 0.344. The minimum absolute atomic E-state index is 0.0696. The molecule has 0 aliphatic carbocycles. The lowest BCUT2D eigenvalue weighted by Gasteiger charge is -2.40. The number of aryl methyl sites for hydroxylation is 1. The number of nitrogens with one attached hydrogen (secondary N) is 1. The van der Waals surface area contributed by atoms with Gasteiger partial charge in [0.15, 0.2) is 5.65 Å². The number of hydrogen-bond donors (Lipinski definition) is 1. The summed E-state index contributed by atoms with van der Waals surface area (Å²) >= 11 is 0. The Labute approximate surface area is 247 Å². The first-order valence-corrected chi connectivity index (χ1v) is 14.5. The Bertz CT molecular complexity index is 1820. The highest BCUT2D eigenvalue weighted by Gasteiger charge is 2.31. The van der Waals surface area contributed by atoms with Crippen molar-refractivity contribution in [1.82, 2.24) is 24.4 Å². The molecule has 3 aromatic heterocycles. The van der Waals surface area contributed by atoms with E-state index in [4.69, 9.17) is 4.98 Å². The summed E-state index contributed by atoms with van der Waals surface area (Å²) in [6.07, 6.45) is 4.10. The van der Waals surface area contributed by atoms with Crippen LogP contribution in [0.2, 0.25) is 0 Å². The molecule has 6 rings (SSSR count). The lowest BCUT2D eigenvalue weighted by Crippen LogP contribution is -2.54. The smallest absolute Gasteiger partial charge is 0.355 e. The lowest BCUT2D eigenvalue weighted by molar-refractivity contribution is -0.126. The Morgan fingerprint density at radius 2 is 1.98 bits per heavy atom. The summed E-state index contributed by atoms with van der Waals surface area (Å²) in [6, 6.07) is 7.54. The van der Waals surface area contributed by atoms with Gasteiger partial charge in [-0.1, -0.05) is 32.6 Å². The maximum Gasteiger partial charge on any atom is 0.355 e. The zero-order valence-corrected chi connectivity index (χ0v) is 24.4. The molecule has 43 heavy (non-hydrogen) atoms. The summed E-state index contributed by atoms with van der Waals surface area (Å²) in [6.45, 7) is 11.1. The topological polar surface area (TPSA) is 96.3 Å². The second-order valence-electron chi connectivity index (χ2n) is 11.3. The third-order valence-corrected chi connectivity index (χ3v) is 8.19. The summed E-state index contributed by atoms with van der Waals surface area (Å²) in [5, 5.41) is 3.74. The van der Waals surface area contributed by atoms with Gasteiger partial charge in [-0.3, -0.25) is 9.78 Å². The molecule has 2 aliphatic heterocycles. The molecule has 0 saturated carbocycles. The number of hydrogen-bond acceptors (Lipinski definition) is 7. The van der Waals surface area contributed by atoms with E-state index in [1.807, 2.05) is 25.7 Å². The maximum absolute atomic E-state index is 16.1. The largest absolute Gasteiger partial charge is 0.383 e. The second-order valence-corrected chi connectivity index (χ2v) is 11.3. The third-order valence-electron chi connectivity index (χ3n) is 8.19. The number of fused-ring (bicyclic) bond motifs is 5. The zero-order valence-electron chi connectivity index (χ0n) is 24.4. The van der Waals surface area contributed by atoms with E-state index >= 15 is 8.78 Å². The number of aromatic nitrogens is 4. The van der Waals surface area contributed by atoms with Gasteiger partial charge in [-0.25, -0.2) is 23.1 Å². The highest BCUT2D eigenvalue weighted by Crippen LogP contribution is 2.36. The van der Waals surface area contributed by atoms with E-state index in [0.717, 1.165) is 0 Å². The van der Waals surface area contributed by atoms with Gasteiger partial charge in [0.05, 0.1) is 22.5 Å². The molecule has 9 nitrogen and oxygen atoms in total. The van der Waals surface area contributed by atoms with Crippen molar-refractivity contribution in [3.8, 4) is 16.9 Å². The van der Waals surface area contributed by atoms with Gasteiger partial charge in [-0.15, -0.1) is 0 Å². The molecular weight excluding hydrogens is 552 g/mol. The van der Waals surface area contributed by atoms with Crippen LogP contribution in [0.3, 0.4) is 0 Å². The molecule has 1 fully saturated rings. The van der Waals surface area contributed by atoms with Crippen LogP contribution in [0.25, 0.3) is 28.0 Å². The minimum Gasteiger partial charge on any atom is -0.383 e. The molecule has 1 aromatic carbocycles. The van der Waals surface area contributed by atoms with Crippen LogP contribution in [0, 0.1) is 11.6 Å². The van der Waals surface area contributed by atoms with Crippen molar-refractivity contribution < 1.29 is 13.6 Å². The van der Waals surface area contributed by atoms with E-state index in [1.54, 1.807) is 29.3 Å². The van der Waals surface area contributed by atoms with Gasteiger partial charge in [0, 0.05) is 44.0 Å². The number of anilines is 2. The van der Waals surface area contributed by atoms with Crippen LogP contribution in [0.4, 0.5) is 20.3 Å². The predicted molar refractivity (Wildman–Crippen MR) is 163 cm³/mol. The van der Waals surface area contributed by atoms with Crippen LogP contribution < -0.4 is 15.9 Å². The number of carbonyl (C=O) groups is 1. The van der Waals surface area contributed by atoms with Crippen LogP contribution in [0.5, 0.6) is 0 Å². The number of piperazine rings is 1. The average Bonchev–Trinajstić information content (AvgIpc) is 2.98. The Balaban J connectivity index is 1.68. The molecule has 1 saturated heterocycles. The molecule has 2 aliphatic rings. The summed E-state index contributed by atoms with van der Waals surface area (Å²) in [7, 11) is 0. The predicted octanol–water partition coefficient (Wildman–Crippen LogP) is 4.83. The van der Waals surface area contributed by atoms with Crippen LogP contribution in [-0.4, -0.2) is 62.5 Å². The van der Waals surface area contributed by atoms with E-state index in [2.05, 4.69) is 21.9 Å². The fourth-order valence-corrected chi connectivity index (χ4v) is 6.12. The van der Waals surface area contributed by atoms with Gasteiger partial charge in [-0.2, -0.15) is 4.98 Å². The number of amides is 1. The molecular formula is C32H33F2N7O2. The third kappa shape index (κ3) is 4.92. The monoisotopic (exact) mass is 585 g/mol. The van der Waals surface area contributed by atoms with E-state index in [-0.39, 0.29) is 40.6 Å². The molecule has 1 atom stereocenters. The molecule has 4 aromatic rings. The molecule has 0 radical (unpaired) electrons. The minimum atomic E-state index is -0.717. The Morgan fingerprint density at radius 3 is 2.72 bits per heavy atom. The van der Waals surface area contributed by atoms with E-state index < -0.39 is 17.3 Å². The van der Waals surface area contributed by atoms with Gasteiger partial charge in [0.1, 0.15) is 23.1 Å². The average molecular weight is 586 g/mol. The first-order chi connectivity index (χ1) is 20.7. The number of pyridine rings is 2. The number of carbonyl (C=O) groups excluding carboxylic acids is 1. The van der Waals surface area contributed by atoms with Gasteiger partial charge in [0.25, 0.3) is 0 Å². The molecule has 11 heteroatoms. The van der Waals surface area contributed by atoms with Crippen LogP contribution in [0.1, 0.15) is 44.4 Å². The van der Waals surface area contributed by atoms with Gasteiger partial charge >= 0.3 is 5.69 Å². The highest BCUT2D eigenvalue weighted by molar-refractivity contribution is 5.92. The molecule has 1 N–H and O–H groups in total. The van der Waals surface area contributed by atoms with Crippen LogP contribution >= 0.6 is 0 Å². The Morgan fingerprint density at radius 1 is 1.16 bits per heavy atom. The fourth-order valence-electron chi connectivity index (χ4n) is 6.12. The van der Waals surface area contributed by atoms with E-state index in [0.29, 0.717) is 67.0 Å². The Kier molecular flexibility index (Phi) is 7.41. The Hall–Kier alpha value is -4.67. The van der Waals surface area contributed by atoms with Crippen molar-refractivity contribution in [1.29, 1.82) is 0 Å². The molecule has 0 spiro atoms. The zero-order chi connectivity index (χ0) is 30.4. The molecule has 222 valence electrons. The second kappa shape index (κ2) is 11.2. The van der Waals surface area contributed by atoms with Crippen molar-refractivity contribution in [2.75, 3.05) is 36.4 Å². The van der Waals surface area contributed by atoms with Crippen molar-refractivity contribution >= 4 is 28.4 Å². The van der Waals surface area contributed by atoms with Crippen molar-refractivity contribution in [3.05, 3.63) is 82.6 Å². The van der Waals surface area contributed by atoms with Crippen LogP contribution in [-0.2, 0) is 11.2 Å². The molecule has 0 unspecified atom stereocenters. The van der Waals surface area contributed by atoms with E-state index in [9.17, 15) is 9.59 Å². The lowest BCUT2D eigenvalue weighted by atomic mass is 9.98. The standard InChI is InChI=1S/C32H33F2N7O2/c1-5-25(42)39-14-15-40(19(4)17-39)30-21-16-23(34)28-26-20(8-6-10-22(26)33)9-7-12-35-24-11-13-36-27(18(2)3)29(24)41(31(21)37-28)32(43)38-30/h5-6,8,10-11,13,16,18-19,35H,1,7,9,12,14-15,17H2,2-4H3/t19-/m0/s1. The summed E-state index contributed by atoms with van der Waals surface area (Å²) in [5.41, 5.74) is 1.89. The summed E-state index contributed by atoms with van der Waals surface area (Å²) in [4.78, 5) is 43.8. The molecule has 1 amide bonds. The molecule has 5 heterocycles. The number of benzene rings is 1. The number of nitrogens with zero attached hydrogens (tertiary/aromatic N) is 6.